The number of amides is 1. The van der Waals surface area contributed by atoms with Crippen molar-refractivity contribution in [1.82, 2.24) is 4.98 Å². The summed E-state index contributed by atoms with van der Waals surface area (Å²) in [4.78, 5) is 16.8. The van der Waals surface area contributed by atoms with Crippen LogP contribution < -0.4 is 5.32 Å². The van der Waals surface area contributed by atoms with Crippen LogP contribution in [-0.4, -0.2) is 10.9 Å². The Morgan fingerprint density at radius 1 is 0.917 bits per heavy atom. The number of hydrogen-bond donors (Lipinski definition) is 1. The first-order valence-corrected chi connectivity index (χ1v) is 7.94. The van der Waals surface area contributed by atoms with E-state index in [0.29, 0.717) is 5.56 Å². The SMILES string of the molecule is Cc1cccc(-c2ccc(C(=O)Nc3ccc(C)c(C)c3)cn2)c1. The van der Waals surface area contributed by atoms with Gasteiger partial charge in [0.25, 0.3) is 5.91 Å². The first-order chi connectivity index (χ1) is 11.5. The lowest BCUT2D eigenvalue weighted by atomic mass is 10.1. The zero-order valence-electron chi connectivity index (χ0n) is 14.1. The predicted molar refractivity (Wildman–Crippen MR) is 98.3 cm³/mol. The summed E-state index contributed by atoms with van der Waals surface area (Å²) in [6.07, 6.45) is 1.62. The van der Waals surface area contributed by atoms with E-state index in [0.717, 1.165) is 22.5 Å². The van der Waals surface area contributed by atoms with Gasteiger partial charge in [0.15, 0.2) is 0 Å². The number of carbonyl (C=O) groups excluding carboxylic acids is 1. The van der Waals surface area contributed by atoms with Crippen molar-refractivity contribution in [3.63, 3.8) is 0 Å². The summed E-state index contributed by atoms with van der Waals surface area (Å²) in [5, 5.41) is 2.92. The quantitative estimate of drug-likeness (QED) is 0.744. The minimum Gasteiger partial charge on any atom is -0.322 e. The third-order valence-corrected chi connectivity index (χ3v) is 4.10. The number of nitrogens with one attached hydrogen (secondary N) is 1. The van der Waals surface area contributed by atoms with E-state index in [1.54, 1.807) is 12.3 Å². The topological polar surface area (TPSA) is 42.0 Å². The average Bonchev–Trinajstić information content (AvgIpc) is 2.58. The van der Waals surface area contributed by atoms with E-state index < -0.39 is 0 Å². The molecule has 0 saturated carbocycles. The molecule has 0 aliphatic carbocycles. The number of anilines is 1. The van der Waals surface area contributed by atoms with Crippen molar-refractivity contribution in [2.45, 2.75) is 20.8 Å². The number of rotatable bonds is 3. The van der Waals surface area contributed by atoms with Gasteiger partial charge in [-0.25, -0.2) is 0 Å². The van der Waals surface area contributed by atoms with Gasteiger partial charge < -0.3 is 5.32 Å². The molecular formula is C21H20N2O. The molecule has 1 aromatic heterocycles. The summed E-state index contributed by atoms with van der Waals surface area (Å²) in [6.45, 7) is 6.13. The monoisotopic (exact) mass is 316 g/mol. The number of pyridine rings is 1. The van der Waals surface area contributed by atoms with Crippen LogP contribution in [-0.2, 0) is 0 Å². The molecule has 3 rings (SSSR count). The van der Waals surface area contributed by atoms with Crippen LogP contribution in [0, 0.1) is 20.8 Å². The van der Waals surface area contributed by atoms with Crippen LogP contribution in [0.25, 0.3) is 11.3 Å². The molecule has 0 saturated heterocycles. The van der Waals surface area contributed by atoms with Gasteiger partial charge in [0.1, 0.15) is 0 Å². The van der Waals surface area contributed by atoms with E-state index in [-0.39, 0.29) is 5.91 Å². The molecule has 2 aromatic carbocycles. The van der Waals surface area contributed by atoms with Gasteiger partial charge in [0, 0.05) is 17.4 Å². The van der Waals surface area contributed by atoms with Gasteiger partial charge in [-0.3, -0.25) is 9.78 Å². The molecule has 1 N–H and O–H groups in total. The average molecular weight is 316 g/mol. The van der Waals surface area contributed by atoms with E-state index in [1.165, 1.54) is 11.1 Å². The summed E-state index contributed by atoms with van der Waals surface area (Å²) in [6, 6.07) is 17.7. The maximum Gasteiger partial charge on any atom is 0.257 e. The highest BCUT2D eigenvalue weighted by atomic mass is 16.1. The van der Waals surface area contributed by atoms with Gasteiger partial charge in [0.05, 0.1) is 11.3 Å². The van der Waals surface area contributed by atoms with Crippen LogP contribution in [0.2, 0.25) is 0 Å². The molecule has 0 radical (unpaired) electrons. The van der Waals surface area contributed by atoms with Crippen molar-refractivity contribution in [3.8, 4) is 11.3 Å². The van der Waals surface area contributed by atoms with E-state index in [4.69, 9.17) is 0 Å². The second-order valence-corrected chi connectivity index (χ2v) is 6.05. The summed E-state index contributed by atoms with van der Waals surface area (Å²) in [5.41, 5.74) is 6.80. The predicted octanol–water partition coefficient (Wildman–Crippen LogP) is 4.93. The summed E-state index contributed by atoms with van der Waals surface area (Å²) in [5.74, 6) is -0.151. The van der Waals surface area contributed by atoms with Crippen LogP contribution in [0.4, 0.5) is 5.69 Å². The lowest BCUT2D eigenvalue weighted by molar-refractivity contribution is 0.102. The zero-order valence-corrected chi connectivity index (χ0v) is 14.1. The Bertz CT molecular complexity index is 883. The van der Waals surface area contributed by atoms with Gasteiger partial charge in [0.2, 0.25) is 0 Å². The Labute approximate surface area is 142 Å². The lowest BCUT2D eigenvalue weighted by Crippen LogP contribution is -2.12. The number of benzene rings is 2. The molecule has 0 fully saturated rings. The van der Waals surface area contributed by atoms with Gasteiger partial charge in [-0.05, 0) is 62.2 Å². The molecule has 0 bridgehead atoms. The third-order valence-electron chi connectivity index (χ3n) is 4.10. The fourth-order valence-electron chi connectivity index (χ4n) is 2.53. The number of aryl methyl sites for hydroxylation is 3. The van der Waals surface area contributed by atoms with E-state index in [2.05, 4.69) is 36.3 Å². The largest absolute Gasteiger partial charge is 0.322 e. The number of nitrogens with zero attached hydrogens (tertiary/aromatic N) is 1. The first kappa shape index (κ1) is 15.9. The summed E-state index contributed by atoms with van der Waals surface area (Å²) < 4.78 is 0. The Hall–Kier alpha value is -2.94. The molecule has 1 heterocycles. The van der Waals surface area contributed by atoms with Gasteiger partial charge in [-0.1, -0.05) is 29.8 Å². The molecule has 0 aliphatic rings. The van der Waals surface area contributed by atoms with Crippen LogP contribution in [0.3, 0.4) is 0 Å². The normalized spacial score (nSPS) is 10.5. The molecule has 3 aromatic rings. The minimum atomic E-state index is -0.151. The second kappa shape index (κ2) is 6.67. The molecule has 1 amide bonds. The molecule has 0 aliphatic heterocycles. The van der Waals surface area contributed by atoms with Crippen molar-refractivity contribution < 1.29 is 4.79 Å². The first-order valence-electron chi connectivity index (χ1n) is 7.94. The summed E-state index contributed by atoms with van der Waals surface area (Å²) in [7, 11) is 0. The number of aromatic nitrogens is 1. The zero-order chi connectivity index (χ0) is 17.1. The minimum absolute atomic E-state index is 0.151. The van der Waals surface area contributed by atoms with Crippen LogP contribution in [0.15, 0.2) is 60.8 Å². The Balaban J connectivity index is 1.77. The Morgan fingerprint density at radius 3 is 2.42 bits per heavy atom. The fraction of sp³-hybridized carbons (Fsp3) is 0.143. The van der Waals surface area contributed by atoms with Gasteiger partial charge in [-0.2, -0.15) is 0 Å². The van der Waals surface area contributed by atoms with Crippen molar-refractivity contribution in [2.75, 3.05) is 5.32 Å². The van der Waals surface area contributed by atoms with Crippen molar-refractivity contribution >= 4 is 11.6 Å². The smallest absolute Gasteiger partial charge is 0.257 e. The third kappa shape index (κ3) is 3.51. The molecule has 0 spiro atoms. The molecule has 3 heteroatoms. The standard InChI is InChI=1S/C21H20N2O/c1-14-5-4-6-17(11-14)20-10-8-18(13-22-20)21(24)23-19-9-7-15(2)16(3)12-19/h4-13H,1-3H3,(H,23,24). The highest BCUT2D eigenvalue weighted by molar-refractivity contribution is 6.04. The maximum absolute atomic E-state index is 12.4. The fourth-order valence-corrected chi connectivity index (χ4v) is 2.53. The molecule has 0 unspecified atom stereocenters. The number of hydrogen-bond acceptors (Lipinski definition) is 2. The van der Waals surface area contributed by atoms with Crippen molar-refractivity contribution in [3.05, 3.63) is 83.0 Å². The molecule has 0 atom stereocenters. The van der Waals surface area contributed by atoms with E-state index in [9.17, 15) is 4.79 Å². The van der Waals surface area contributed by atoms with E-state index in [1.807, 2.05) is 43.3 Å². The van der Waals surface area contributed by atoms with Gasteiger partial charge >= 0.3 is 0 Å². The van der Waals surface area contributed by atoms with Crippen molar-refractivity contribution in [1.29, 1.82) is 0 Å². The highest BCUT2D eigenvalue weighted by Gasteiger charge is 2.08. The van der Waals surface area contributed by atoms with Crippen LogP contribution in [0.5, 0.6) is 0 Å². The lowest BCUT2D eigenvalue weighted by Gasteiger charge is -2.08. The number of carbonyl (C=O) groups is 1. The van der Waals surface area contributed by atoms with Crippen LogP contribution >= 0.6 is 0 Å². The van der Waals surface area contributed by atoms with Crippen molar-refractivity contribution in [2.24, 2.45) is 0 Å². The Kier molecular flexibility index (Phi) is 4.43. The second-order valence-electron chi connectivity index (χ2n) is 6.05. The van der Waals surface area contributed by atoms with Crippen LogP contribution in [0.1, 0.15) is 27.0 Å². The summed E-state index contributed by atoms with van der Waals surface area (Å²) >= 11 is 0. The highest BCUT2D eigenvalue weighted by Crippen LogP contribution is 2.19. The molecule has 120 valence electrons. The van der Waals surface area contributed by atoms with Gasteiger partial charge in [-0.15, -0.1) is 0 Å². The molecule has 3 nitrogen and oxygen atoms in total. The maximum atomic E-state index is 12.4. The molecule has 24 heavy (non-hydrogen) atoms. The molecular weight excluding hydrogens is 296 g/mol. The van der Waals surface area contributed by atoms with E-state index >= 15 is 0 Å². The Morgan fingerprint density at radius 2 is 1.75 bits per heavy atom.